The maximum Gasteiger partial charge on any atom is 0.248 e. The first kappa shape index (κ1) is 24.1. The van der Waals surface area contributed by atoms with Crippen LogP contribution in [0.3, 0.4) is 0 Å². The lowest BCUT2D eigenvalue weighted by Gasteiger charge is -2.05. The normalized spacial score (nSPS) is 10.9. The number of rotatable bonds is 7. The van der Waals surface area contributed by atoms with Crippen molar-refractivity contribution in [3.05, 3.63) is 79.1 Å². The van der Waals surface area contributed by atoms with Crippen LogP contribution in [0.1, 0.15) is 19.8 Å². The van der Waals surface area contributed by atoms with Crippen molar-refractivity contribution >= 4 is 10.1 Å². The quantitative estimate of drug-likeness (QED) is 0.230. The molecule has 4 rings (SSSR count). The Kier molecular flexibility index (Phi) is 8.28. The van der Waals surface area contributed by atoms with Gasteiger partial charge in [-0.3, -0.25) is 0 Å². The number of ether oxygens (including phenoxy) is 1. The molecule has 0 bridgehead atoms. The summed E-state index contributed by atoms with van der Waals surface area (Å²) in [5, 5.41) is 8.24. The highest BCUT2D eigenvalue weighted by Gasteiger charge is 2.11. The van der Waals surface area contributed by atoms with E-state index in [2.05, 4.69) is 17.1 Å². The van der Waals surface area contributed by atoms with E-state index in [1.165, 1.54) is 24.3 Å². The van der Waals surface area contributed by atoms with Gasteiger partial charge in [-0.15, -0.1) is 10.2 Å². The molecule has 0 N–H and O–H groups in total. The van der Waals surface area contributed by atoms with Crippen molar-refractivity contribution in [2.45, 2.75) is 24.7 Å². The van der Waals surface area contributed by atoms with Gasteiger partial charge in [0.2, 0.25) is 11.8 Å². The molecule has 8 nitrogen and oxygen atoms in total. The SMILES string of the molecule is CCCCOc1ccc(-c2nnc(-c3cc[n+](C)cc3)o2)cc1.O=S(=O)([O-])c1ccccc1. The highest BCUT2D eigenvalue weighted by molar-refractivity contribution is 7.85. The second-order valence-electron chi connectivity index (χ2n) is 7.16. The van der Waals surface area contributed by atoms with Gasteiger partial charge in [0, 0.05) is 17.7 Å². The predicted molar refractivity (Wildman–Crippen MR) is 121 cm³/mol. The standard InChI is InChI=1S/C18H20N3O2.C6H6O3S/c1-3-4-13-22-16-7-5-14(6-8-16)17-19-20-18(23-17)15-9-11-21(2)12-10-15;7-10(8,9)6-4-2-1-3-5-6/h5-12H,3-4,13H2,1-2H3;1-5H,(H,7,8,9)/q+1;/p-1. The number of aryl methyl sites for hydroxylation is 1. The number of hydrogen-bond acceptors (Lipinski definition) is 7. The lowest BCUT2D eigenvalue weighted by Crippen LogP contribution is -2.25. The molecule has 0 saturated carbocycles. The van der Waals surface area contributed by atoms with Crippen molar-refractivity contribution in [3.63, 3.8) is 0 Å². The monoisotopic (exact) mass is 467 g/mol. The van der Waals surface area contributed by atoms with Gasteiger partial charge in [0.1, 0.15) is 22.9 Å². The minimum absolute atomic E-state index is 0.185. The van der Waals surface area contributed by atoms with E-state index in [0.717, 1.165) is 36.3 Å². The van der Waals surface area contributed by atoms with Gasteiger partial charge in [-0.1, -0.05) is 31.5 Å². The molecule has 33 heavy (non-hydrogen) atoms. The van der Waals surface area contributed by atoms with E-state index in [1.54, 1.807) is 6.07 Å². The van der Waals surface area contributed by atoms with Crippen LogP contribution in [0.2, 0.25) is 0 Å². The van der Waals surface area contributed by atoms with Crippen LogP contribution in [0.25, 0.3) is 22.9 Å². The summed E-state index contributed by atoms with van der Waals surface area (Å²) in [6, 6.07) is 18.8. The molecule has 172 valence electrons. The molecule has 0 unspecified atom stereocenters. The maximum atomic E-state index is 10.3. The summed E-state index contributed by atoms with van der Waals surface area (Å²) in [4.78, 5) is -0.185. The molecular weight excluding hydrogens is 442 g/mol. The van der Waals surface area contributed by atoms with E-state index in [9.17, 15) is 13.0 Å². The molecule has 2 aromatic carbocycles. The number of unbranched alkanes of at least 4 members (excludes halogenated alkanes) is 1. The van der Waals surface area contributed by atoms with Gasteiger partial charge in [-0.05, 0) is 42.8 Å². The van der Waals surface area contributed by atoms with E-state index in [-0.39, 0.29) is 4.90 Å². The highest BCUT2D eigenvalue weighted by atomic mass is 32.2. The summed E-state index contributed by atoms with van der Waals surface area (Å²) in [6.45, 7) is 2.89. The number of nitrogens with zero attached hydrogens (tertiary/aromatic N) is 3. The average Bonchev–Trinajstić information content (AvgIpc) is 3.31. The first-order chi connectivity index (χ1) is 15.9. The van der Waals surface area contributed by atoms with Gasteiger partial charge in [0.15, 0.2) is 12.4 Å². The van der Waals surface area contributed by atoms with Crippen LogP contribution in [0.4, 0.5) is 0 Å². The Bertz CT molecular complexity index is 1240. The Labute approximate surface area is 193 Å². The predicted octanol–water partition coefficient (Wildman–Crippen LogP) is 4.00. The Morgan fingerprint density at radius 1 is 0.909 bits per heavy atom. The van der Waals surface area contributed by atoms with Crippen LogP contribution in [0.5, 0.6) is 5.75 Å². The molecule has 0 aliphatic heterocycles. The molecule has 0 fully saturated rings. The van der Waals surface area contributed by atoms with Crippen molar-refractivity contribution in [1.29, 1.82) is 0 Å². The fourth-order valence-electron chi connectivity index (χ4n) is 2.72. The summed E-state index contributed by atoms with van der Waals surface area (Å²) in [7, 11) is -2.29. The Hall–Kier alpha value is -3.56. The molecule has 0 amide bonds. The fourth-order valence-corrected chi connectivity index (χ4v) is 3.21. The number of hydrogen-bond donors (Lipinski definition) is 0. The Balaban J connectivity index is 0.000000257. The Morgan fingerprint density at radius 3 is 2.00 bits per heavy atom. The van der Waals surface area contributed by atoms with Gasteiger partial charge in [-0.25, -0.2) is 13.0 Å². The molecule has 0 spiro atoms. The second-order valence-corrected chi connectivity index (χ2v) is 8.54. The van der Waals surface area contributed by atoms with Gasteiger partial charge < -0.3 is 13.7 Å². The molecule has 0 radical (unpaired) electrons. The third-order valence-electron chi connectivity index (χ3n) is 4.55. The summed E-state index contributed by atoms with van der Waals surface area (Å²) in [5.74, 6) is 1.88. The lowest BCUT2D eigenvalue weighted by molar-refractivity contribution is -0.671. The summed E-state index contributed by atoms with van der Waals surface area (Å²) >= 11 is 0. The first-order valence-electron chi connectivity index (χ1n) is 10.4. The van der Waals surface area contributed by atoms with Crippen LogP contribution in [-0.4, -0.2) is 29.8 Å². The van der Waals surface area contributed by atoms with E-state index < -0.39 is 10.1 Å². The van der Waals surface area contributed by atoms with Crippen molar-refractivity contribution < 1.29 is 26.7 Å². The van der Waals surface area contributed by atoms with Crippen molar-refractivity contribution in [2.24, 2.45) is 7.05 Å². The van der Waals surface area contributed by atoms with Gasteiger partial charge in [0.25, 0.3) is 0 Å². The van der Waals surface area contributed by atoms with Crippen molar-refractivity contribution in [1.82, 2.24) is 10.2 Å². The molecule has 4 aromatic rings. The zero-order valence-corrected chi connectivity index (χ0v) is 19.2. The zero-order valence-electron chi connectivity index (χ0n) is 18.4. The zero-order chi connectivity index (χ0) is 23.7. The van der Waals surface area contributed by atoms with Gasteiger partial charge >= 0.3 is 0 Å². The van der Waals surface area contributed by atoms with E-state index in [4.69, 9.17) is 9.15 Å². The van der Waals surface area contributed by atoms with E-state index in [1.807, 2.05) is 60.4 Å². The van der Waals surface area contributed by atoms with Crippen LogP contribution < -0.4 is 9.30 Å². The molecule has 0 atom stereocenters. The van der Waals surface area contributed by atoms with Crippen LogP contribution in [-0.2, 0) is 17.2 Å². The Morgan fingerprint density at radius 2 is 1.48 bits per heavy atom. The smallest absolute Gasteiger partial charge is 0.248 e. The van der Waals surface area contributed by atoms with E-state index in [0.29, 0.717) is 11.8 Å². The molecular formula is C24H25N3O5S. The van der Waals surface area contributed by atoms with Crippen LogP contribution in [0.15, 0.2) is 88.4 Å². The van der Waals surface area contributed by atoms with Gasteiger partial charge in [-0.2, -0.15) is 0 Å². The minimum atomic E-state index is -4.25. The van der Waals surface area contributed by atoms with Crippen molar-refractivity contribution in [3.8, 4) is 28.7 Å². The number of aromatic nitrogens is 3. The number of benzene rings is 2. The molecule has 2 aromatic heterocycles. The summed E-state index contributed by atoms with van der Waals surface area (Å²) in [6.07, 6.45) is 6.08. The highest BCUT2D eigenvalue weighted by Crippen LogP contribution is 2.25. The summed E-state index contributed by atoms with van der Waals surface area (Å²) in [5.41, 5.74) is 1.79. The molecule has 0 aliphatic carbocycles. The van der Waals surface area contributed by atoms with Crippen LogP contribution in [0, 0.1) is 0 Å². The number of pyridine rings is 1. The fraction of sp³-hybridized carbons (Fsp3) is 0.208. The van der Waals surface area contributed by atoms with Crippen LogP contribution >= 0.6 is 0 Å². The average molecular weight is 468 g/mol. The molecule has 0 aliphatic rings. The third-order valence-corrected chi connectivity index (χ3v) is 5.40. The molecule has 0 saturated heterocycles. The lowest BCUT2D eigenvalue weighted by atomic mass is 10.2. The molecule has 9 heteroatoms. The largest absolute Gasteiger partial charge is 0.744 e. The van der Waals surface area contributed by atoms with E-state index >= 15 is 0 Å². The topological polar surface area (TPSA) is 109 Å². The second kappa shape index (κ2) is 11.3. The minimum Gasteiger partial charge on any atom is -0.744 e. The summed E-state index contributed by atoms with van der Waals surface area (Å²) < 4.78 is 44.2. The van der Waals surface area contributed by atoms with Gasteiger partial charge in [0.05, 0.1) is 17.1 Å². The maximum absolute atomic E-state index is 10.3. The van der Waals surface area contributed by atoms with Crippen molar-refractivity contribution in [2.75, 3.05) is 6.61 Å². The molecule has 2 heterocycles. The first-order valence-corrected chi connectivity index (χ1v) is 11.8. The third kappa shape index (κ3) is 7.23.